The Morgan fingerprint density at radius 1 is 0.609 bits per heavy atom. The van der Waals surface area contributed by atoms with Crippen LogP contribution in [0.2, 0.25) is 0 Å². The molecule has 0 radical (unpaired) electrons. The molecule has 4 saturated heterocycles. The van der Waals surface area contributed by atoms with Crippen molar-refractivity contribution in [1.29, 1.82) is 0 Å². The molecule has 8 rings (SSSR count). The number of rotatable bonds is 5. The Hall–Kier alpha value is -2.32. The fraction of sp³-hybridized carbons (Fsp3) is 0.375. The van der Waals surface area contributed by atoms with Crippen molar-refractivity contribution in [2.24, 2.45) is 0 Å². The van der Waals surface area contributed by atoms with Crippen LogP contribution in [0.5, 0.6) is 0 Å². The summed E-state index contributed by atoms with van der Waals surface area (Å²) in [5.41, 5.74) is 3.20. The van der Waals surface area contributed by atoms with E-state index in [4.69, 9.17) is 0 Å². The van der Waals surface area contributed by atoms with Gasteiger partial charge < -0.3 is 22.1 Å². The van der Waals surface area contributed by atoms with E-state index < -0.39 is 5.60 Å². The maximum absolute atomic E-state index is 11.5. The molecule has 4 aromatic rings. The fourth-order valence-electron chi connectivity index (χ4n) is 7.81. The average Bonchev–Trinajstić information content (AvgIpc) is 3.45. The van der Waals surface area contributed by atoms with Crippen molar-refractivity contribution in [3.63, 3.8) is 0 Å². The van der Waals surface area contributed by atoms with Gasteiger partial charge in [0.25, 0.3) is 0 Å². The molecule has 236 valence electrons. The number of benzene rings is 4. The van der Waals surface area contributed by atoms with E-state index in [1.54, 1.807) is 0 Å². The van der Waals surface area contributed by atoms with Crippen LogP contribution in [-0.4, -0.2) is 67.9 Å². The number of piperidine rings is 2. The van der Waals surface area contributed by atoms with E-state index in [1.165, 1.54) is 36.8 Å². The van der Waals surface area contributed by atoms with E-state index in [0.29, 0.717) is 30.0 Å². The smallest absolute Gasteiger partial charge is 1.00 e. The van der Waals surface area contributed by atoms with Crippen molar-refractivity contribution in [3.8, 4) is 0 Å². The number of carbonyl (C=O) groups excluding carboxylic acids is 1. The minimum Gasteiger partial charge on any atom is -1.00 e. The third kappa shape index (κ3) is 9.39. The SMILES string of the molecule is O=C1CC2CCC(C1)N2Cc1ccccc1.OC1(c2ccccc2)CC2CCC(C1)N2Cc1ccccc1.[Br-].[Mg+2].[c-]1ccccc1. The molecule has 4 aromatic carbocycles. The van der Waals surface area contributed by atoms with Crippen LogP contribution < -0.4 is 17.0 Å². The van der Waals surface area contributed by atoms with E-state index in [0.717, 1.165) is 44.3 Å². The van der Waals surface area contributed by atoms with Gasteiger partial charge in [-0.05, 0) is 55.2 Å². The third-order valence-electron chi connectivity index (χ3n) is 9.95. The summed E-state index contributed by atoms with van der Waals surface area (Å²) < 4.78 is 0. The van der Waals surface area contributed by atoms with Gasteiger partial charge in [0.15, 0.2) is 0 Å². The summed E-state index contributed by atoms with van der Waals surface area (Å²) in [6.45, 7) is 2.03. The van der Waals surface area contributed by atoms with Gasteiger partial charge in [-0.1, -0.05) is 91.0 Å². The number of aliphatic hydroxyl groups is 1. The minimum absolute atomic E-state index is 0. The molecule has 4 bridgehead atoms. The summed E-state index contributed by atoms with van der Waals surface area (Å²) in [7, 11) is 0. The Morgan fingerprint density at radius 2 is 1.00 bits per heavy atom. The molecule has 0 aromatic heterocycles. The fourth-order valence-corrected chi connectivity index (χ4v) is 7.81. The van der Waals surface area contributed by atoms with Gasteiger partial charge in [-0.15, -0.1) is 0 Å². The van der Waals surface area contributed by atoms with Gasteiger partial charge >= 0.3 is 23.1 Å². The molecule has 0 aliphatic carbocycles. The van der Waals surface area contributed by atoms with Crippen LogP contribution in [0.25, 0.3) is 0 Å². The van der Waals surface area contributed by atoms with Gasteiger partial charge in [0.2, 0.25) is 0 Å². The average molecular weight is 690 g/mol. The van der Waals surface area contributed by atoms with Crippen molar-refractivity contribution in [2.45, 2.75) is 94.2 Å². The molecule has 4 atom stereocenters. The van der Waals surface area contributed by atoms with E-state index >= 15 is 0 Å². The van der Waals surface area contributed by atoms with E-state index in [1.807, 2.05) is 48.5 Å². The van der Waals surface area contributed by atoms with Crippen molar-refractivity contribution >= 4 is 28.8 Å². The molecule has 6 heteroatoms. The number of hydrogen-bond donors (Lipinski definition) is 1. The van der Waals surface area contributed by atoms with Gasteiger partial charge in [0.05, 0.1) is 5.60 Å². The minimum atomic E-state index is -0.639. The number of Topliss-reactive ketones (excluding diaryl/α,β-unsaturated/α-hetero) is 1. The van der Waals surface area contributed by atoms with Gasteiger partial charge in [-0.2, -0.15) is 36.4 Å². The first-order valence-corrected chi connectivity index (χ1v) is 16.4. The topological polar surface area (TPSA) is 43.8 Å². The molecule has 0 saturated carbocycles. The zero-order valence-corrected chi connectivity index (χ0v) is 29.8. The molecule has 4 unspecified atom stereocenters. The second-order valence-electron chi connectivity index (χ2n) is 12.9. The summed E-state index contributed by atoms with van der Waals surface area (Å²) in [4.78, 5) is 16.7. The Balaban J connectivity index is 0.000000176. The van der Waals surface area contributed by atoms with Crippen molar-refractivity contribution in [3.05, 3.63) is 144 Å². The molecule has 0 amide bonds. The van der Waals surface area contributed by atoms with E-state index in [9.17, 15) is 9.90 Å². The van der Waals surface area contributed by atoms with Crippen LogP contribution >= 0.6 is 0 Å². The zero-order valence-electron chi connectivity index (χ0n) is 26.8. The number of hydrogen-bond acceptors (Lipinski definition) is 4. The molecule has 4 aliphatic heterocycles. The first kappa shape index (κ1) is 36.5. The van der Waals surface area contributed by atoms with Crippen LogP contribution in [-0.2, 0) is 23.5 Å². The Bertz CT molecular complexity index is 1390. The monoisotopic (exact) mass is 688 g/mol. The molecule has 4 heterocycles. The third-order valence-corrected chi connectivity index (χ3v) is 9.95. The maximum atomic E-state index is 11.5. The molecule has 1 N–H and O–H groups in total. The van der Waals surface area contributed by atoms with E-state index in [2.05, 4.69) is 88.7 Å². The molecular weight excluding hydrogens is 645 g/mol. The van der Waals surface area contributed by atoms with Crippen LogP contribution in [0.4, 0.5) is 0 Å². The first-order chi connectivity index (χ1) is 21.6. The summed E-state index contributed by atoms with van der Waals surface area (Å²) in [5.74, 6) is 0.469. The quantitative estimate of drug-likeness (QED) is 0.252. The van der Waals surface area contributed by atoms with Crippen molar-refractivity contribution in [1.82, 2.24) is 9.80 Å². The molecule has 4 fully saturated rings. The molecule has 0 spiro atoms. The molecule has 46 heavy (non-hydrogen) atoms. The van der Waals surface area contributed by atoms with Crippen LogP contribution in [0, 0.1) is 6.07 Å². The number of halogens is 1. The van der Waals surface area contributed by atoms with Gasteiger partial charge in [0, 0.05) is 50.1 Å². The normalized spacial score (nSPS) is 26.3. The van der Waals surface area contributed by atoms with Crippen LogP contribution in [0.1, 0.15) is 68.1 Å². The van der Waals surface area contributed by atoms with Gasteiger partial charge in [0.1, 0.15) is 5.78 Å². The van der Waals surface area contributed by atoms with Crippen molar-refractivity contribution < 1.29 is 26.9 Å². The van der Waals surface area contributed by atoms with Crippen LogP contribution in [0.15, 0.2) is 121 Å². The summed E-state index contributed by atoms with van der Waals surface area (Å²) in [5, 5.41) is 11.2. The second kappa shape index (κ2) is 17.7. The van der Waals surface area contributed by atoms with Gasteiger partial charge in [-0.3, -0.25) is 14.6 Å². The summed E-state index contributed by atoms with van der Waals surface area (Å²) in [6, 6.07) is 46.1. The summed E-state index contributed by atoms with van der Waals surface area (Å²) in [6.07, 6.45) is 8.14. The first-order valence-electron chi connectivity index (χ1n) is 16.4. The number of fused-ring (bicyclic) bond motifs is 4. The molecule has 4 aliphatic rings. The number of nitrogens with zero attached hydrogens (tertiary/aromatic N) is 2. The number of ketones is 1. The Kier molecular flexibility index (Phi) is 14.1. The standard InChI is InChI=1S/C20H23NO.C14H17NO.C6H5.BrH.Mg/c22-20(17-9-5-2-6-10-17)13-18-11-12-19(14-20)21(18)15-16-7-3-1-4-8-16;16-14-8-12-6-7-13(9-14)15(12)10-11-4-2-1-3-5-11;1-2-4-6-5-3-1;;/h1-10,18-19,22H,11-15H2;1-5,12-13H,6-10H2;1-5H;1H;/q;;-1;;+2/p-1. The maximum Gasteiger partial charge on any atom is 2.00 e. The van der Waals surface area contributed by atoms with Crippen molar-refractivity contribution in [2.75, 3.05) is 0 Å². The number of carbonyl (C=O) groups is 1. The van der Waals surface area contributed by atoms with Gasteiger partial charge in [-0.25, -0.2) is 0 Å². The Labute approximate surface area is 302 Å². The largest absolute Gasteiger partial charge is 2.00 e. The Morgan fingerprint density at radius 3 is 1.41 bits per heavy atom. The van der Waals surface area contributed by atoms with E-state index in [-0.39, 0.29) is 40.0 Å². The summed E-state index contributed by atoms with van der Waals surface area (Å²) >= 11 is 0. The van der Waals surface area contributed by atoms with Crippen LogP contribution in [0.3, 0.4) is 0 Å². The predicted molar refractivity (Wildman–Crippen MR) is 182 cm³/mol. The predicted octanol–water partition coefficient (Wildman–Crippen LogP) is 4.19. The molecule has 4 nitrogen and oxygen atoms in total. The molecular formula is C40H45BrMgN2O2. The second-order valence-corrected chi connectivity index (χ2v) is 12.9. The zero-order chi connectivity index (χ0) is 30.2.